The highest BCUT2D eigenvalue weighted by molar-refractivity contribution is 5.98. The minimum absolute atomic E-state index is 0.00557. The Balaban J connectivity index is 1.88. The molecule has 2 aliphatic heterocycles. The number of amides is 1. The van der Waals surface area contributed by atoms with Crippen LogP contribution in [0, 0.1) is 17.8 Å². The number of aromatic nitrogens is 1. The van der Waals surface area contributed by atoms with Crippen molar-refractivity contribution in [1.82, 2.24) is 10.3 Å². The smallest absolute Gasteiger partial charge is 0.309 e. The first kappa shape index (κ1) is 27.2. The number of hydrogen-bond donors (Lipinski definition) is 2. The maximum atomic E-state index is 13.5. The molecule has 0 unspecified atom stereocenters. The number of nitrogens with one attached hydrogen (secondary N) is 2. The van der Waals surface area contributed by atoms with Gasteiger partial charge in [-0.1, -0.05) is 26.0 Å². The summed E-state index contributed by atoms with van der Waals surface area (Å²) in [5.41, 5.74) is 1.33. The number of ether oxygens (including phenoxy) is 2. The minimum atomic E-state index is -0.769. The second-order valence-electron chi connectivity index (χ2n) is 9.72. The number of carbonyl (C=O) groups is 4. The molecule has 1 aromatic heterocycles. The molecule has 2 bridgehead atoms. The highest BCUT2D eigenvalue weighted by Crippen LogP contribution is 2.22. The van der Waals surface area contributed by atoms with Crippen LogP contribution in [0.4, 0.5) is 0 Å². The molecule has 1 aromatic carbocycles. The van der Waals surface area contributed by atoms with Gasteiger partial charge in [-0.15, -0.1) is 0 Å². The van der Waals surface area contributed by atoms with E-state index in [1.54, 1.807) is 18.3 Å². The van der Waals surface area contributed by atoms with Gasteiger partial charge in [0.15, 0.2) is 11.6 Å². The Hall–Kier alpha value is -3.42. The first-order valence-electron chi connectivity index (χ1n) is 12.6. The number of hydrogen-bond acceptors (Lipinski definition) is 6. The zero-order valence-corrected chi connectivity index (χ0v) is 21.3. The Kier molecular flexibility index (Phi) is 9.85. The molecule has 0 saturated carbocycles. The number of aromatic amines is 1. The van der Waals surface area contributed by atoms with Crippen molar-refractivity contribution in [3.8, 4) is 5.75 Å². The summed E-state index contributed by atoms with van der Waals surface area (Å²) in [6.07, 6.45) is 3.91. The van der Waals surface area contributed by atoms with Crippen molar-refractivity contribution in [3.63, 3.8) is 0 Å². The summed E-state index contributed by atoms with van der Waals surface area (Å²) < 4.78 is 10.8. The van der Waals surface area contributed by atoms with Crippen molar-refractivity contribution in [3.05, 3.63) is 53.9 Å². The number of carbonyl (C=O) groups excluding carboxylic acids is 4. The molecule has 1 amide bonds. The summed E-state index contributed by atoms with van der Waals surface area (Å²) >= 11 is 0. The van der Waals surface area contributed by atoms with E-state index in [4.69, 9.17) is 9.47 Å². The topological polar surface area (TPSA) is 115 Å². The number of ketones is 2. The van der Waals surface area contributed by atoms with Crippen molar-refractivity contribution in [2.24, 2.45) is 17.8 Å². The molecule has 3 heterocycles. The van der Waals surface area contributed by atoms with Crippen LogP contribution in [0.1, 0.15) is 62.0 Å². The highest BCUT2D eigenvalue weighted by Gasteiger charge is 2.32. The molecule has 2 aromatic rings. The van der Waals surface area contributed by atoms with Crippen LogP contribution in [0.3, 0.4) is 0 Å². The van der Waals surface area contributed by atoms with E-state index in [1.807, 2.05) is 38.1 Å². The molecule has 4 rings (SSSR count). The summed E-state index contributed by atoms with van der Waals surface area (Å²) in [5, 5.41) is 2.90. The minimum Gasteiger partial charge on any atom is -0.494 e. The van der Waals surface area contributed by atoms with Crippen LogP contribution in [0.25, 0.3) is 0 Å². The maximum Gasteiger partial charge on any atom is 0.309 e. The van der Waals surface area contributed by atoms with Gasteiger partial charge in [0, 0.05) is 25.0 Å². The van der Waals surface area contributed by atoms with Gasteiger partial charge in [0.05, 0.1) is 31.4 Å². The van der Waals surface area contributed by atoms with Crippen LogP contribution < -0.4 is 10.1 Å². The lowest BCUT2D eigenvalue weighted by Gasteiger charge is -2.26. The van der Waals surface area contributed by atoms with E-state index in [0.717, 1.165) is 12.0 Å². The predicted molar refractivity (Wildman–Crippen MR) is 135 cm³/mol. The van der Waals surface area contributed by atoms with E-state index < -0.39 is 23.8 Å². The van der Waals surface area contributed by atoms with Gasteiger partial charge in [-0.05, 0) is 61.4 Å². The van der Waals surface area contributed by atoms with Gasteiger partial charge in [0.25, 0.3) is 0 Å². The van der Waals surface area contributed by atoms with Gasteiger partial charge >= 0.3 is 5.97 Å². The van der Waals surface area contributed by atoms with Crippen LogP contribution in [0.5, 0.6) is 5.75 Å². The fraction of sp³-hybridized carbons (Fsp3) is 0.500. The zero-order valence-electron chi connectivity index (χ0n) is 21.3. The summed E-state index contributed by atoms with van der Waals surface area (Å²) in [6.45, 7) is 4.20. The molecule has 0 fully saturated rings. The lowest BCUT2D eigenvalue weighted by Crippen LogP contribution is -2.48. The number of rotatable bonds is 5. The highest BCUT2D eigenvalue weighted by atomic mass is 16.5. The van der Waals surface area contributed by atoms with E-state index in [-0.39, 0.29) is 36.2 Å². The zero-order chi connectivity index (χ0) is 26.1. The van der Waals surface area contributed by atoms with E-state index in [1.165, 1.54) is 7.11 Å². The maximum absolute atomic E-state index is 13.5. The fourth-order valence-corrected chi connectivity index (χ4v) is 4.51. The largest absolute Gasteiger partial charge is 0.494 e. The summed E-state index contributed by atoms with van der Waals surface area (Å²) in [5.74, 6) is -1.91. The van der Waals surface area contributed by atoms with Crippen molar-refractivity contribution in [2.75, 3.05) is 13.7 Å². The third-order valence-electron chi connectivity index (χ3n) is 6.62. The molecule has 0 spiro atoms. The molecule has 0 radical (unpaired) electrons. The molecule has 8 nitrogen and oxygen atoms in total. The molecule has 2 aliphatic rings. The number of H-pyrrole nitrogens is 1. The first-order valence-corrected chi connectivity index (χ1v) is 12.6. The second kappa shape index (κ2) is 13.0. The molecular formula is C28H36N2O6. The lowest BCUT2D eigenvalue weighted by atomic mass is 9.88. The Labute approximate surface area is 212 Å². The van der Waals surface area contributed by atoms with Crippen molar-refractivity contribution >= 4 is 23.4 Å². The van der Waals surface area contributed by atoms with Crippen molar-refractivity contribution < 1.29 is 28.7 Å². The van der Waals surface area contributed by atoms with Gasteiger partial charge in [-0.3, -0.25) is 19.2 Å². The van der Waals surface area contributed by atoms with Crippen LogP contribution in [-0.2, 0) is 25.5 Å². The molecule has 0 saturated heterocycles. The quantitative estimate of drug-likeness (QED) is 0.479. The van der Waals surface area contributed by atoms with E-state index in [2.05, 4.69) is 10.3 Å². The van der Waals surface area contributed by atoms with Gasteiger partial charge in [-0.25, -0.2) is 0 Å². The van der Waals surface area contributed by atoms with Gasteiger partial charge in [0.1, 0.15) is 5.75 Å². The van der Waals surface area contributed by atoms with E-state index in [0.29, 0.717) is 37.3 Å². The molecule has 194 valence electrons. The third kappa shape index (κ3) is 7.54. The van der Waals surface area contributed by atoms with Gasteiger partial charge < -0.3 is 19.8 Å². The molecular weight excluding hydrogens is 460 g/mol. The third-order valence-corrected chi connectivity index (χ3v) is 6.62. The second-order valence-corrected chi connectivity index (χ2v) is 9.72. The molecule has 8 heteroatoms. The van der Waals surface area contributed by atoms with Crippen LogP contribution in [0.2, 0.25) is 0 Å². The molecule has 36 heavy (non-hydrogen) atoms. The number of Topliss-reactive ketones (excluding diaryl/α,β-unsaturated/α-hetero) is 2. The SMILES string of the molecule is COC(=O)[C@@H]1CCCCOc2ccc(cc2)C[C@H](CC(=O)c2ccc[nH]2)C(=O)N[C@@H](C(C)C)C(=O)C1. The lowest BCUT2D eigenvalue weighted by molar-refractivity contribution is -0.147. The Morgan fingerprint density at radius 2 is 1.83 bits per heavy atom. The Morgan fingerprint density at radius 3 is 2.47 bits per heavy atom. The number of benzene rings is 1. The molecule has 2 N–H and O–H groups in total. The van der Waals surface area contributed by atoms with E-state index >= 15 is 0 Å². The van der Waals surface area contributed by atoms with E-state index in [9.17, 15) is 19.2 Å². The number of methoxy groups -OCH3 is 1. The normalized spacial score (nSPS) is 21.9. The molecule has 0 aliphatic carbocycles. The van der Waals surface area contributed by atoms with Gasteiger partial charge in [-0.2, -0.15) is 0 Å². The molecule has 3 atom stereocenters. The summed E-state index contributed by atoms with van der Waals surface area (Å²) in [6, 6.07) is 10.1. The van der Waals surface area contributed by atoms with Crippen LogP contribution >= 0.6 is 0 Å². The number of fused-ring (bicyclic) bond motifs is 14. The van der Waals surface area contributed by atoms with Crippen molar-refractivity contribution in [2.45, 2.75) is 58.4 Å². The summed E-state index contributed by atoms with van der Waals surface area (Å²) in [4.78, 5) is 54.9. The average molecular weight is 497 g/mol. The Bertz CT molecular complexity index is 1030. The fourth-order valence-electron chi connectivity index (χ4n) is 4.51. The predicted octanol–water partition coefficient (Wildman–Crippen LogP) is 3.90. The Morgan fingerprint density at radius 1 is 1.08 bits per heavy atom. The standard InChI is InChI=1S/C28H36N2O6/c1-18(2)26-25(32)16-20(28(34)35-3)7-4-5-14-36-22-11-9-19(10-12-22)15-21(27(33)30-26)17-24(31)23-8-6-13-29-23/h6,8-13,18,20-21,26,29H,4-5,7,14-17H2,1-3H3,(H,30,33)/t20-,21-,26+/m1/s1. The summed E-state index contributed by atoms with van der Waals surface area (Å²) in [7, 11) is 1.31. The van der Waals surface area contributed by atoms with Gasteiger partial charge in [0.2, 0.25) is 5.91 Å². The first-order chi connectivity index (χ1) is 17.3. The monoisotopic (exact) mass is 496 g/mol. The van der Waals surface area contributed by atoms with Crippen LogP contribution in [0.15, 0.2) is 42.6 Å². The average Bonchev–Trinajstić information content (AvgIpc) is 3.40. The van der Waals surface area contributed by atoms with Crippen LogP contribution in [-0.4, -0.2) is 48.2 Å². The number of esters is 1. The van der Waals surface area contributed by atoms with Crippen molar-refractivity contribution in [1.29, 1.82) is 0 Å².